The van der Waals surface area contributed by atoms with Crippen LogP contribution in [0.1, 0.15) is 33.6 Å². The minimum Gasteiger partial charge on any atom is -0.444 e. The summed E-state index contributed by atoms with van der Waals surface area (Å²) in [5.74, 6) is 0.813. The van der Waals surface area contributed by atoms with Gasteiger partial charge in [-0.05, 0) is 33.6 Å². The van der Waals surface area contributed by atoms with Gasteiger partial charge < -0.3 is 14.5 Å². The molecular formula is C15H24N4O2. The van der Waals surface area contributed by atoms with Crippen LogP contribution in [0.5, 0.6) is 0 Å². The lowest BCUT2D eigenvalue weighted by atomic mass is 10.2. The van der Waals surface area contributed by atoms with Gasteiger partial charge in [-0.3, -0.25) is 4.98 Å². The zero-order valence-corrected chi connectivity index (χ0v) is 13.2. The Balaban J connectivity index is 1.97. The predicted octanol–water partition coefficient (Wildman–Crippen LogP) is 2.31. The fourth-order valence-corrected chi connectivity index (χ4v) is 2.48. The van der Waals surface area contributed by atoms with Gasteiger partial charge in [-0.15, -0.1) is 0 Å². The van der Waals surface area contributed by atoms with E-state index < -0.39 is 5.60 Å². The quantitative estimate of drug-likeness (QED) is 0.855. The number of nitrogens with zero attached hydrogens (tertiary/aromatic N) is 4. The molecule has 1 amide bonds. The van der Waals surface area contributed by atoms with Gasteiger partial charge in [0.2, 0.25) is 0 Å². The minimum atomic E-state index is -0.457. The largest absolute Gasteiger partial charge is 0.444 e. The second-order valence-electron chi connectivity index (χ2n) is 6.41. The highest BCUT2D eigenvalue weighted by Crippen LogP contribution is 2.22. The van der Waals surface area contributed by atoms with Gasteiger partial charge in [-0.25, -0.2) is 9.78 Å². The molecule has 1 aliphatic rings. The van der Waals surface area contributed by atoms with Crippen LogP contribution in [0.25, 0.3) is 0 Å². The first-order valence-corrected chi connectivity index (χ1v) is 7.33. The smallest absolute Gasteiger partial charge is 0.410 e. The van der Waals surface area contributed by atoms with Crippen molar-refractivity contribution in [2.45, 2.75) is 45.3 Å². The molecule has 0 aromatic carbocycles. The minimum absolute atomic E-state index is 0.159. The second kappa shape index (κ2) is 6.28. The van der Waals surface area contributed by atoms with Gasteiger partial charge in [-0.1, -0.05) is 0 Å². The fourth-order valence-electron chi connectivity index (χ4n) is 2.48. The number of likely N-dealkylation sites (tertiary alicyclic amines) is 1. The normalized spacial score (nSPS) is 18.7. The van der Waals surface area contributed by atoms with Gasteiger partial charge in [-0.2, -0.15) is 0 Å². The molecule has 1 aromatic heterocycles. The molecule has 0 aliphatic carbocycles. The number of ether oxygens (including phenoxy) is 1. The molecule has 6 nitrogen and oxygen atoms in total. The van der Waals surface area contributed by atoms with Crippen LogP contribution in [0.15, 0.2) is 18.6 Å². The first kappa shape index (κ1) is 15.5. The summed E-state index contributed by atoms with van der Waals surface area (Å²) in [6, 6.07) is 0.159. The molecule has 0 N–H and O–H groups in total. The first-order chi connectivity index (χ1) is 9.87. The van der Waals surface area contributed by atoms with E-state index in [2.05, 4.69) is 9.97 Å². The molecule has 1 atom stereocenters. The monoisotopic (exact) mass is 292 g/mol. The zero-order chi connectivity index (χ0) is 15.5. The number of hydrogen-bond donors (Lipinski definition) is 0. The predicted molar refractivity (Wildman–Crippen MR) is 81.3 cm³/mol. The number of carbonyl (C=O) groups excluding carboxylic acids is 1. The molecule has 2 heterocycles. The lowest BCUT2D eigenvalue weighted by molar-refractivity contribution is 0.0232. The second-order valence-corrected chi connectivity index (χ2v) is 6.41. The van der Waals surface area contributed by atoms with Gasteiger partial charge in [0.1, 0.15) is 11.4 Å². The summed E-state index contributed by atoms with van der Waals surface area (Å²) in [6.45, 7) is 7.16. The molecule has 21 heavy (non-hydrogen) atoms. The molecule has 1 saturated heterocycles. The van der Waals surface area contributed by atoms with E-state index >= 15 is 0 Å². The number of amides is 1. The lowest BCUT2D eigenvalue weighted by Crippen LogP contribution is -2.44. The summed E-state index contributed by atoms with van der Waals surface area (Å²) in [5.41, 5.74) is -0.457. The standard InChI is InChI=1S/C15H24N4O2/c1-15(2,3)21-14(20)19-9-5-6-12(19)11-18(4)13-10-16-7-8-17-13/h7-8,10,12H,5-6,9,11H2,1-4H3. The molecule has 116 valence electrons. The highest BCUT2D eigenvalue weighted by molar-refractivity contribution is 5.69. The summed E-state index contributed by atoms with van der Waals surface area (Å²) in [6.07, 6.45) is 6.83. The van der Waals surface area contributed by atoms with Crippen molar-refractivity contribution in [1.29, 1.82) is 0 Å². The maximum atomic E-state index is 12.2. The van der Waals surface area contributed by atoms with Crippen LogP contribution in [-0.4, -0.2) is 52.7 Å². The molecular weight excluding hydrogens is 268 g/mol. The summed E-state index contributed by atoms with van der Waals surface area (Å²) in [4.78, 5) is 24.5. The third kappa shape index (κ3) is 4.31. The summed E-state index contributed by atoms with van der Waals surface area (Å²) in [7, 11) is 1.97. The highest BCUT2D eigenvalue weighted by Gasteiger charge is 2.32. The highest BCUT2D eigenvalue weighted by atomic mass is 16.6. The molecule has 0 saturated carbocycles. The van der Waals surface area contributed by atoms with Gasteiger partial charge >= 0.3 is 6.09 Å². The van der Waals surface area contributed by atoms with E-state index in [9.17, 15) is 4.79 Å². The van der Waals surface area contributed by atoms with Gasteiger partial charge in [0.15, 0.2) is 0 Å². The van der Waals surface area contributed by atoms with Crippen LogP contribution in [0, 0.1) is 0 Å². The van der Waals surface area contributed by atoms with E-state index in [1.165, 1.54) is 0 Å². The average molecular weight is 292 g/mol. The first-order valence-electron chi connectivity index (χ1n) is 7.33. The third-order valence-corrected chi connectivity index (χ3v) is 3.43. The number of carbonyl (C=O) groups is 1. The average Bonchev–Trinajstić information content (AvgIpc) is 2.86. The van der Waals surface area contributed by atoms with Crippen molar-refractivity contribution in [2.24, 2.45) is 0 Å². The van der Waals surface area contributed by atoms with Crippen LogP contribution in [0.3, 0.4) is 0 Å². The van der Waals surface area contributed by atoms with Gasteiger partial charge in [0, 0.05) is 32.5 Å². The van der Waals surface area contributed by atoms with E-state index in [0.29, 0.717) is 0 Å². The van der Waals surface area contributed by atoms with E-state index in [1.54, 1.807) is 18.6 Å². The van der Waals surface area contributed by atoms with Crippen molar-refractivity contribution >= 4 is 11.9 Å². The van der Waals surface area contributed by atoms with E-state index in [-0.39, 0.29) is 12.1 Å². The van der Waals surface area contributed by atoms with E-state index in [0.717, 1.165) is 31.7 Å². The van der Waals surface area contributed by atoms with Gasteiger partial charge in [0.05, 0.1) is 12.2 Å². The molecule has 1 fully saturated rings. The Labute approximate surface area is 126 Å². The maximum absolute atomic E-state index is 12.2. The summed E-state index contributed by atoms with van der Waals surface area (Å²) < 4.78 is 5.48. The molecule has 2 rings (SSSR count). The van der Waals surface area contributed by atoms with Crippen molar-refractivity contribution in [3.8, 4) is 0 Å². The molecule has 0 bridgehead atoms. The number of aromatic nitrogens is 2. The molecule has 1 aliphatic heterocycles. The SMILES string of the molecule is CN(CC1CCCN1C(=O)OC(C)(C)C)c1cnccn1. The summed E-state index contributed by atoms with van der Waals surface area (Å²) in [5, 5.41) is 0. The van der Waals surface area contributed by atoms with Crippen LogP contribution >= 0.6 is 0 Å². The Kier molecular flexibility index (Phi) is 4.65. The maximum Gasteiger partial charge on any atom is 0.410 e. The van der Waals surface area contributed by atoms with Crippen molar-refractivity contribution in [3.63, 3.8) is 0 Å². The zero-order valence-electron chi connectivity index (χ0n) is 13.2. The Hall–Kier alpha value is -1.85. The van der Waals surface area contributed by atoms with Crippen molar-refractivity contribution in [1.82, 2.24) is 14.9 Å². The Morgan fingerprint density at radius 1 is 1.48 bits per heavy atom. The number of rotatable bonds is 3. The topological polar surface area (TPSA) is 58.6 Å². The van der Waals surface area contributed by atoms with Crippen LogP contribution in [-0.2, 0) is 4.74 Å². The van der Waals surface area contributed by atoms with Crippen molar-refractivity contribution < 1.29 is 9.53 Å². The molecule has 0 spiro atoms. The van der Waals surface area contributed by atoms with Crippen molar-refractivity contribution in [2.75, 3.05) is 25.0 Å². The molecule has 0 radical (unpaired) electrons. The molecule has 1 aromatic rings. The number of likely N-dealkylation sites (N-methyl/N-ethyl adjacent to an activating group) is 1. The fraction of sp³-hybridized carbons (Fsp3) is 0.667. The Bertz CT molecular complexity index is 472. The lowest BCUT2D eigenvalue weighted by Gasteiger charge is -2.31. The Morgan fingerprint density at radius 3 is 2.86 bits per heavy atom. The van der Waals surface area contributed by atoms with Crippen LogP contribution in [0.4, 0.5) is 10.6 Å². The summed E-state index contributed by atoms with van der Waals surface area (Å²) >= 11 is 0. The van der Waals surface area contributed by atoms with Crippen LogP contribution in [0.2, 0.25) is 0 Å². The molecule has 1 unspecified atom stereocenters. The molecule has 6 heteroatoms. The van der Waals surface area contributed by atoms with Gasteiger partial charge in [0.25, 0.3) is 0 Å². The number of hydrogen-bond acceptors (Lipinski definition) is 5. The van der Waals surface area contributed by atoms with E-state index in [4.69, 9.17) is 4.74 Å². The van der Waals surface area contributed by atoms with Crippen LogP contribution < -0.4 is 4.90 Å². The van der Waals surface area contributed by atoms with E-state index in [1.807, 2.05) is 37.6 Å². The third-order valence-electron chi connectivity index (χ3n) is 3.43. The number of anilines is 1. The van der Waals surface area contributed by atoms with Crippen molar-refractivity contribution in [3.05, 3.63) is 18.6 Å². The Morgan fingerprint density at radius 2 is 2.24 bits per heavy atom.